The molecule has 1 unspecified atom stereocenters. The summed E-state index contributed by atoms with van der Waals surface area (Å²) in [6.07, 6.45) is 1.84. The number of nitrogens with two attached hydrogens (primary N) is 1. The summed E-state index contributed by atoms with van der Waals surface area (Å²) in [5, 5.41) is 1.84. The minimum atomic E-state index is -0.796. The number of ether oxygens (including phenoxy) is 3. The third kappa shape index (κ3) is 5.61. The van der Waals surface area contributed by atoms with Gasteiger partial charge in [0.25, 0.3) is 0 Å². The van der Waals surface area contributed by atoms with Gasteiger partial charge < -0.3 is 19.9 Å². The summed E-state index contributed by atoms with van der Waals surface area (Å²) in [4.78, 5) is 34.4. The molecule has 2 aromatic heterocycles. The van der Waals surface area contributed by atoms with E-state index in [1.165, 1.54) is 5.56 Å². The Balaban J connectivity index is 1.52. The van der Waals surface area contributed by atoms with Crippen LogP contribution in [0.25, 0.3) is 32.9 Å². The second-order valence-electron chi connectivity index (χ2n) is 12.2. The van der Waals surface area contributed by atoms with Crippen molar-refractivity contribution in [1.29, 1.82) is 0 Å². The van der Waals surface area contributed by atoms with Crippen LogP contribution in [0.15, 0.2) is 66.9 Å². The van der Waals surface area contributed by atoms with E-state index in [-0.39, 0.29) is 12.4 Å². The Hall–Kier alpha value is -4.82. The van der Waals surface area contributed by atoms with Crippen LogP contribution in [-0.2, 0) is 22.6 Å². The number of benzene rings is 3. The average molecular weight is 590 g/mol. The van der Waals surface area contributed by atoms with E-state index in [1.54, 1.807) is 31.2 Å². The Bertz CT molecular complexity index is 1920. The van der Waals surface area contributed by atoms with Crippen LogP contribution < -0.4 is 15.2 Å². The van der Waals surface area contributed by atoms with Crippen LogP contribution in [0.5, 0.6) is 11.6 Å². The molecule has 0 saturated heterocycles. The zero-order valence-electron chi connectivity index (χ0n) is 25.6. The maximum Gasteiger partial charge on any atom is 0.248 e. The highest BCUT2D eigenvalue weighted by Crippen LogP contribution is 2.45. The Morgan fingerprint density at radius 3 is 2.52 bits per heavy atom. The molecular weight excluding hydrogens is 554 g/mol. The van der Waals surface area contributed by atoms with Gasteiger partial charge in [0.05, 0.1) is 23.2 Å². The number of ketones is 1. The van der Waals surface area contributed by atoms with E-state index in [4.69, 9.17) is 29.9 Å². The van der Waals surface area contributed by atoms with Crippen molar-refractivity contribution in [3.05, 3.63) is 94.7 Å². The second-order valence-corrected chi connectivity index (χ2v) is 12.2. The number of hydrogen-bond donors (Lipinski definition) is 1. The molecule has 1 aliphatic heterocycles. The zero-order chi connectivity index (χ0) is 31.2. The Morgan fingerprint density at radius 1 is 1.05 bits per heavy atom. The van der Waals surface area contributed by atoms with Crippen molar-refractivity contribution in [3.63, 3.8) is 0 Å². The van der Waals surface area contributed by atoms with Gasteiger partial charge in [-0.15, -0.1) is 0 Å². The molecule has 8 heteroatoms. The number of amides is 1. The summed E-state index contributed by atoms with van der Waals surface area (Å²) in [7, 11) is 0. The lowest BCUT2D eigenvalue weighted by atomic mass is 9.86. The molecule has 0 fully saturated rings. The van der Waals surface area contributed by atoms with Gasteiger partial charge in [0, 0.05) is 40.6 Å². The summed E-state index contributed by atoms with van der Waals surface area (Å²) in [5.41, 5.74) is 12.2. The maximum absolute atomic E-state index is 13.2. The topological polar surface area (TPSA) is 114 Å². The zero-order valence-corrected chi connectivity index (χ0v) is 25.6. The van der Waals surface area contributed by atoms with Crippen molar-refractivity contribution in [3.8, 4) is 22.8 Å². The molecule has 0 radical (unpaired) electrons. The summed E-state index contributed by atoms with van der Waals surface area (Å²) in [6, 6.07) is 18.8. The van der Waals surface area contributed by atoms with E-state index in [2.05, 4.69) is 0 Å². The number of carbonyl (C=O) groups excluding carboxylic acids is 2. The average Bonchev–Trinajstić information content (AvgIpc) is 2.98. The van der Waals surface area contributed by atoms with Crippen molar-refractivity contribution >= 4 is 33.5 Å². The van der Waals surface area contributed by atoms with Crippen molar-refractivity contribution in [2.24, 2.45) is 5.73 Å². The predicted molar refractivity (Wildman–Crippen MR) is 170 cm³/mol. The number of fused-ring (bicyclic) bond motifs is 1. The maximum atomic E-state index is 13.2. The number of nitrogens with zero attached hydrogens (tertiary/aromatic N) is 2. The molecule has 0 bridgehead atoms. The van der Waals surface area contributed by atoms with E-state index < -0.39 is 17.6 Å². The van der Waals surface area contributed by atoms with Crippen LogP contribution in [0.3, 0.4) is 0 Å². The molecule has 224 valence electrons. The standard InChI is InChI=1S/C36H35N3O5/c1-20-18-27-25(11-13-29(39-27)43-19-22-6-8-24(9-7-22)35(37)41)32(30(20)34(21(2)40)44-36(3,4)5)26-10-12-28-31-23(15-17-42-28)14-16-38-33(26)31/h6-14,16,18,34H,15,17,19H2,1-5H3,(H2,37,41). The molecule has 5 aromatic rings. The number of pyridine rings is 2. The Labute approximate surface area is 256 Å². The van der Waals surface area contributed by atoms with Gasteiger partial charge in [0.2, 0.25) is 11.8 Å². The van der Waals surface area contributed by atoms with Gasteiger partial charge in [0.15, 0.2) is 5.78 Å². The van der Waals surface area contributed by atoms with Crippen molar-refractivity contribution in [2.75, 3.05) is 6.61 Å². The van der Waals surface area contributed by atoms with Crippen LogP contribution in [0.4, 0.5) is 0 Å². The van der Waals surface area contributed by atoms with Gasteiger partial charge in [-0.05, 0) is 105 Å². The minimum absolute atomic E-state index is 0.0853. The molecule has 3 aromatic carbocycles. The monoisotopic (exact) mass is 589 g/mol. The van der Waals surface area contributed by atoms with E-state index in [0.717, 1.165) is 61.8 Å². The van der Waals surface area contributed by atoms with E-state index >= 15 is 0 Å². The van der Waals surface area contributed by atoms with Crippen LogP contribution in [0.1, 0.15) is 66.4 Å². The highest BCUT2D eigenvalue weighted by atomic mass is 16.5. The smallest absolute Gasteiger partial charge is 0.248 e. The number of rotatable bonds is 8. The minimum Gasteiger partial charge on any atom is -0.493 e. The number of aryl methyl sites for hydroxylation is 1. The van der Waals surface area contributed by atoms with Gasteiger partial charge in [-0.25, -0.2) is 4.98 Å². The van der Waals surface area contributed by atoms with Gasteiger partial charge in [-0.3, -0.25) is 14.6 Å². The quantitative estimate of drug-likeness (QED) is 0.211. The molecule has 1 atom stereocenters. The molecule has 0 saturated carbocycles. The lowest BCUT2D eigenvalue weighted by Gasteiger charge is -2.30. The normalized spacial score (nSPS) is 13.5. The van der Waals surface area contributed by atoms with Crippen molar-refractivity contribution in [2.45, 2.75) is 59.4 Å². The largest absolute Gasteiger partial charge is 0.493 e. The van der Waals surface area contributed by atoms with E-state index in [0.29, 0.717) is 18.1 Å². The molecule has 0 aliphatic carbocycles. The second kappa shape index (κ2) is 11.4. The van der Waals surface area contributed by atoms with Crippen molar-refractivity contribution < 1.29 is 23.8 Å². The van der Waals surface area contributed by atoms with Gasteiger partial charge in [-0.2, -0.15) is 0 Å². The van der Waals surface area contributed by atoms with Crippen LogP contribution >= 0.6 is 0 Å². The summed E-state index contributed by atoms with van der Waals surface area (Å²) >= 11 is 0. The highest BCUT2D eigenvalue weighted by molar-refractivity contribution is 6.08. The Morgan fingerprint density at radius 2 is 1.82 bits per heavy atom. The van der Waals surface area contributed by atoms with Crippen LogP contribution in [0.2, 0.25) is 0 Å². The summed E-state index contributed by atoms with van der Waals surface area (Å²) in [5.74, 6) is 0.700. The third-order valence-corrected chi connectivity index (χ3v) is 7.78. The number of aromatic nitrogens is 2. The van der Waals surface area contributed by atoms with E-state index in [9.17, 15) is 9.59 Å². The lowest BCUT2D eigenvalue weighted by molar-refractivity contribution is -0.138. The molecular formula is C36H35N3O5. The number of hydrogen-bond acceptors (Lipinski definition) is 7. The van der Waals surface area contributed by atoms with E-state index in [1.807, 2.05) is 70.3 Å². The number of carbonyl (C=O) groups is 2. The SMILES string of the molecule is CC(=O)C(OC(C)(C)C)c1c(C)cc2nc(OCc3ccc(C(N)=O)cc3)ccc2c1-c1ccc2c3c(ccnc13)CCO2. The van der Waals surface area contributed by atoms with Gasteiger partial charge in [-0.1, -0.05) is 12.1 Å². The first-order valence-electron chi connectivity index (χ1n) is 14.7. The summed E-state index contributed by atoms with van der Waals surface area (Å²) < 4.78 is 18.5. The number of primary amides is 1. The van der Waals surface area contributed by atoms with Gasteiger partial charge >= 0.3 is 0 Å². The fourth-order valence-electron chi connectivity index (χ4n) is 5.84. The fraction of sp³-hybridized carbons (Fsp3) is 0.278. The first-order valence-corrected chi connectivity index (χ1v) is 14.7. The summed E-state index contributed by atoms with van der Waals surface area (Å²) in [6.45, 7) is 10.3. The predicted octanol–water partition coefficient (Wildman–Crippen LogP) is 6.82. The number of Topliss-reactive ketones (excluding diaryl/α,β-unsaturated/α-hetero) is 1. The van der Waals surface area contributed by atoms with Gasteiger partial charge in [0.1, 0.15) is 18.5 Å². The Kier molecular flexibility index (Phi) is 7.55. The molecule has 8 nitrogen and oxygen atoms in total. The third-order valence-electron chi connectivity index (χ3n) is 7.78. The van der Waals surface area contributed by atoms with Crippen LogP contribution in [0, 0.1) is 6.92 Å². The van der Waals surface area contributed by atoms with Crippen LogP contribution in [-0.4, -0.2) is 33.9 Å². The molecule has 3 heterocycles. The molecule has 44 heavy (non-hydrogen) atoms. The molecule has 6 rings (SSSR count). The fourth-order valence-corrected chi connectivity index (χ4v) is 5.84. The first kappa shape index (κ1) is 29.3. The van der Waals surface area contributed by atoms with Crippen molar-refractivity contribution in [1.82, 2.24) is 9.97 Å². The first-order chi connectivity index (χ1) is 21.0. The highest BCUT2D eigenvalue weighted by Gasteiger charge is 2.31. The molecule has 1 amide bonds. The molecule has 0 spiro atoms. The lowest BCUT2D eigenvalue weighted by Crippen LogP contribution is -2.27. The molecule has 2 N–H and O–H groups in total. The molecule has 1 aliphatic rings.